The normalized spacial score (nSPS) is 29.9. The van der Waals surface area contributed by atoms with E-state index in [9.17, 15) is 14.9 Å². The summed E-state index contributed by atoms with van der Waals surface area (Å²) >= 11 is 0. The summed E-state index contributed by atoms with van der Waals surface area (Å²) in [6, 6.07) is 0.184. The summed E-state index contributed by atoms with van der Waals surface area (Å²) in [6.45, 7) is 8.28. The Hall–Kier alpha value is -1.57. The molecule has 8 heteroatoms. The first-order valence-corrected chi connectivity index (χ1v) is 12.0. The average Bonchev–Trinajstić information content (AvgIpc) is 2.73. The van der Waals surface area contributed by atoms with Crippen molar-refractivity contribution < 1.29 is 9.72 Å². The molecule has 0 radical (unpaired) electrons. The van der Waals surface area contributed by atoms with Crippen LogP contribution in [0.5, 0.6) is 0 Å². The molecular formula is C22H41N5O3. The van der Waals surface area contributed by atoms with E-state index in [4.69, 9.17) is 0 Å². The van der Waals surface area contributed by atoms with Crippen LogP contribution in [-0.2, 0) is 4.79 Å². The molecule has 3 unspecified atom stereocenters. The molecule has 3 atom stereocenters. The van der Waals surface area contributed by atoms with E-state index in [1.165, 1.54) is 25.7 Å². The fourth-order valence-corrected chi connectivity index (χ4v) is 4.78. The molecule has 2 fully saturated rings. The van der Waals surface area contributed by atoms with Crippen LogP contribution in [0.3, 0.4) is 0 Å². The van der Waals surface area contributed by atoms with E-state index < -0.39 is 6.04 Å². The molecule has 0 aliphatic heterocycles. The number of rotatable bonds is 11. The standard InChI is InChI=1S/C22H41N5O3/c1-4-6-14-26(15-7-5-2)20-12-13-21(22(16-20)23-17(3)28)25-24-18-8-10-19(11-9-18)27(29)30/h18-22H,4-16H2,1-3H3,(H,23,28). The van der Waals surface area contributed by atoms with Crippen LogP contribution in [0, 0.1) is 10.1 Å². The smallest absolute Gasteiger partial charge is 0.217 e. The van der Waals surface area contributed by atoms with Gasteiger partial charge in [-0.2, -0.15) is 10.2 Å². The molecule has 0 heterocycles. The summed E-state index contributed by atoms with van der Waals surface area (Å²) in [4.78, 5) is 25.2. The van der Waals surface area contributed by atoms with Gasteiger partial charge in [-0.1, -0.05) is 26.7 Å². The van der Waals surface area contributed by atoms with Crippen LogP contribution in [0.25, 0.3) is 0 Å². The number of hydrogen-bond donors (Lipinski definition) is 1. The van der Waals surface area contributed by atoms with Gasteiger partial charge in [0.25, 0.3) is 0 Å². The highest BCUT2D eigenvalue weighted by molar-refractivity contribution is 5.73. The second kappa shape index (κ2) is 13.0. The third kappa shape index (κ3) is 7.93. The Morgan fingerprint density at radius 2 is 1.67 bits per heavy atom. The minimum atomic E-state index is -0.420. The zero-order valence-corrected chi connectivity index (χ0v) is 19.1. The van der Waals surface area contributed by atoms with Crippen molar-refractivity contribution in [2.24, 2.45) is 10.2 Å². The molecule has 1 N–H and O–H groups in total. The van der Waals surface area contributed by atoms with Gasteiger partial charge >= 0.3 is 0 Å². The first kappa shape index (κ1) is 24.7. The largest absolute Gasteiger partial charge is 0.351 e. The van der Waals surface area contributed by atoms with E-state index in [0.717, 1.165) is 45.2 Å². The Kier molecular flexibility index (Phi) is 10.7. The molecule has 2 aliphatic rings. The number of carbonyl (C=O) groups is 1. The molecule has 0 aromatic rings. The summed E-state index contributed by atoms with van der Waals surface area (Å²) in [5.74, 6) is -0.0130. The van der Waals surface area contributed by atoms with Gasteiger partial charge in [0.05, 0.1) is 18.1 Å². The number of nitrogens with zero attached hydrogens (tertiary/aromatic N) is 4. The predicted octanol–water partition coefficient (Wildman–Crippen LogP) is 4.35. The fraction of sp³-hybridized carbons (Fsp3) is 0.955. The molecule has 172 valence electrons. The molecule has 0 spiro atoms. The molecular weight excluding hydrogens is 382 g/mol. The maximum Gasteiger partial charge on any atom is 0.217 e. The van der Waals surface area contributed by atoms with Gasteiger partial charge in [0, 0.05) is 30.7 Å². The van der Waals surface area contributed by atoms with E-state index in [-0.39, 0.29) is 29.0 Å². The van der Waals surface area contributed by atoms with Gasteiger partial charge in [0.1, 0.15) is 0 Å². The van der Waals surface area contributed by atoms with Crippen molar-refractivity contribution in [3.8, 4) is 0 Å². The number of amides is 1. The lowest BCUT2D eigenvalue weighted by Gasteiger charge is -2.40. The van der Waals surface area contributed by atoms with Crippen molar-refractivity contribution in [3.05, 3.63) is 10.1 Å². The number of unbranched alkanes of at least 4 members (excludes halogenated alkanes) is 2. The summed E-state index contributed by atoms with van der Waals surface area (Å²) < 4.78 is 0. The molecule has 0 bridgehead atoms. The monoisotopic (exact) mass is 423 g/mol. The molecule has 0 aromatic heterocycles. The third-order valence-electron chi connectivity index (χ3n) is 6.63. The minimum Gasteiger partial charge on any atom is -0.351 e. The van der Waals surface area contributed by atoms with Crippen LogP contribution in [0.15, 0.2) is 10.2 Å². The molecule has 1 amide bonds. The molecule has 30 heavy (non-hydrogen) atoms. The average molecular weight is 424 g/mol. The topological polar surface area (TPSA) is 100 Å². The third-order valence-corrected chi connectivity index (χ3v) is 6.63. The first-order chi connectivity index (χ1) is 14.4. The molecule has 0 saturated heterocycles. The molecule has 2 rings (SSSR count). The van der Waals surface area contributed by atoms with E-state index in [1.54, 1.807) is 6.92 Å². The number of hydrogen-bond acceptors (Lipinski definition) is 6. The van der Waals surface area contributed by atoms with Crippen molar-refractivity contribution in [2.75, 3.05) is 13.1 Å². The van der Waals surface area contributed by atoms with Crippen molar-refractivity contribution in [1.29, 1.82) is 0 Å². The van der Waals surface area contributed by atoms with Gasteiger partial charge in [-0.05, 0) is 58.0 Å². The highest BCUT2D eigenvalue weighted by atomic mass is 16.6. The summed E-state index contributed by atoms with van der Waals surface area (Å²) in [5.41, 5.74) is 0. The van der Waals surface area contributed by atoms with Crippen LogP contribution in [0.1, 0.15) is 91.4 Å². The maximum atomic E-state index is 11.8. The Morgan fingerprint density at radius 3 is 2.20 bits per heavy atom. The Morgan fingerprint density at radius 1 is 1.03 bits per heavy atom. The Balaban J connectivity index is 1.96. The van der Waals surface area contributed by atoms with Crippen molar-refractivity contribution in [1.82, 2.24) is 10.2 Å². The van der Waals surface area contributed by atoms with E-state index in [0.29, 0.717) is 18.9 Å². The second-order valence-electron chi connectivity index (χ2n) is 9.06. The highest BCUT2D eigenvalue weighted by Crippen LogP contribution is 2.29. The number of nitrogens with one attached hydrogen (secondary N) is 1. The molecule has 0 aromatic carbocycles. The van der Waals surface area contributed by atoms with Crippen LogP contribution < -0.4 is 5.32 Å². The lowest BCUT2D eigenvalue weighted by atomic mass is 9.85. The van der Waals surface area contributed by atoms with Gasteiger partial charge in [-0.15, -0.1) is 0 Å². The lowest BCUT2D eigenvalue weighted by Crippen LogP contribution is -2.51. The zero-order chi connectivity index (χ0) is 21.9. The van der Waals surface area contributed by atoms with Crippen LogP contribution >= 0.6 is 0 Å². The summed E-state index contributed by atoms with van der Waals surface area (Å²) in [7, 11) is 0. The molecule has 8 nitrogen and oxygen atoms in total. The Bertz CT molecular complexity index is 555. The van der Waals surface area contributed by atoms with Crippen molar-refractivity contribution in [3.63, 3.8) is 0 Å². The van der Waals surface area contributed by atoms with Crippen LogP contribution in [0.2, 0.25) is 0 Å². The number of carbonyl (C=O) groups excluding carboxylic acids is 1. The van der Waals surface area contributed by atoms with Gasteiger partial charge in [-0.25, -0.2) is 0 Å². The lowest BCUT2D eigenvalue weighted by molar-refractivity contribution is -0.526. The van der Waals surface area contributed by atoms with Gasteiger partial charge in [0.15, 0.2) is 0 Å². The highest BCUT2D eigenvalue weighted by Gasteiger charge is 2.34. The summed E-state index contributed by atoms with van der Waals surface area (Å²) in [6.07, 6.45) is 10.4. The maximum absolute atomic E-state index is 11.8. The number of nitro groups is 1. The van der Waals surface area contributed by atoms with Crippen molar-refractivity contribution >= 4 is 5.91 Å². The predicted molar refractivity (Wildman–Crippen MR) is 118 cm³/mol. The van der Waals surface area contributed by atoms with Crippen LogP contribution in [-0.4, -0.2) is 59.0 Å². The van der Waals surface area contributed by atoms with Gasteiger partial charge < -0.3 is 10.2 Å². The number of azo groups is 1. The quantitative estimate of drug-likeness (QED) is 0.303. The van der Waals surface area contributed by atoms with Gasteiger partial charge in [0.2, 0.25) is 11.9 Å². The van der Waals surface area contributed by atoms with Gasteiger partial charge in [-0.3, -0.25) is 14.9 Å². The molecule has 2 saturated carbocycles. The van der Waals surface area contributed by atoms with E-state index >= 15 is 0 Å². The minimum absolute atomic E-state index is 0.0117. The molecule has 2 aliphatic carbocycles. The van der Waals surface area contributed by atoms with E-state index in [1.807, 2.05) is 0 Å². The first-order valence-electron chi connectivity index (χ1n) is 12.0. The van der Waals surface area contributed by atoms with Crippen LogP contribution in [0.4, 0.5) is 0 Å². The SMILES string of the molecule is CCCCN(CCCC)C1CCC(N=NC2CCC([N+](=O)[O-])CC2)C(NC(C)=O)C1. The summed E-state index contributed by atoms with van der Waals surface area (Å²) in [5, 5.41) is 23.3. The Labute approximate surface area is 181 Å². The van der Waals surface area contributed by atoms with E-state index in [2.05, 4.69) is 34.3 Å². The zero-order valence-electron chi connectivity index (χ0n) is 19.1. The van der Waals surface area contributed by atoms with Crippen molar-refractivity contribution in [2.45, 2.75) is 122 Å². The fourth-order valence-electron chi connectivity index (χ4n) is 4.78. The second-order valence-corrected chi connectivity index (χ2v) is 9.06.